The molecular formula is C30H30Cl2FN5O3. The minimum absolute atomic E-state index is 0.0437. The van der Waals surface area contributed by atoms with Crippen molar-refractivity contribution >= 4 is 50.9 Å². The van der Waals surface area contributed by atoms with Gasteiger partial charge < -0.3 is 19.7 Å². The number of hydrogen-bond donors (Lipinski definition) is 2. The molecule has 4 aromatic rings. The Kier molecular flexibility index (Phi) is 8.28. The average Bonchev–Trinajstić information content (AvgIpc) is 3.36. The Balaban J connectivity index is 1.68. The van der Waals surface area contributed by atoms with E-state index in [0.29, 0.717) is 54.1 Å². The van der Waals surface area contributed by atoms with Crippen molar-refractivity contribution in [3.05, 3.63) is 51.4 Å². The highest BCUT2D eigenvalue weighted by atomic mass is 35.5. The number of H-pyrrole nitrogens is 1. The van der Waals surface area contributed by atoms with Gasteiger partial charge in [-0.3, -0.25) is 9.69 Å². The molecule has 5 rings (SSSR count). The lowest BCUT2D eigenvalue weighted by Crippen LogP contribution is -2.51. The molecule has 0 saturated carbocycles. The fraction of sp³-hybridized carbons (Fsp3) is 0.367. The standard InChI is InChI=1S/C30H30Cl2FN5O3/c1-4-41-30-22-11-18(14-38-9-8-37(16(2)3)15-24(38)40)35-28(22)21-10-17(6-5-7-34)25(27(33)29(21)36-30)20-12-19(39)13-23(31)26(20)32/h10-13,16,35,39H,4-6,8-9,14-15H2,1-3H3. The van der Waals surface area contributed by atoms with Gasteiger partial charge in [0.05, 0.1) is 46.7 Å². The molecule has 1 saturated heterocycles. The number of benzene rings is 2. The van der Waals surface area contributed by atoms with Crippen LogP contribution in [0.5, 0.6) is 11.6 Å². The van der Waals surface area contributed by atoms with E-state index in [1.807, 2.05) is 17.9 Å². The van der Waals surface area contributed by atoms with Crippen molar-refractivity contribution in [2.45, 2.75) is 46.2 Å². The molecule has 0 bridgehead atoms. The van der Waals surface area contributed by atoms with E-state index in [2.05, 4.69) is 34.8 Å². The van der Waals surface area contributed by atoms with Crippen LogP contribution in [0, 0.1) is 17.1 Å². The van der Waals surface area contributed by atoms with Crippen LogP contribution < -0.4 is 4.74 Å². The largest absolute Gasteiger partial charge is 0.508 e. The molecule has 1 aliphatic rings. The molecule has 2 aromatic heterocycles. The first kappa shape index (κ1) is 28.9. The molecular weight excluding hydrogens is 568 g/mol. The molecule has 0 spiro atoms. The number of hydrogen-bond acceptors (Lipinski definition) is 6. The fourth-order valence-electron chi connectivity index (χ4n) is 5.35. The highest BCUT2D eigenvalue weighted by Crippen LogP contribution is 2.43. The van der Waals surface area contributed by atoms with Crippen LogP contribution in [0.1, 0.15) is 38.4 Å². The molecule has 2 aromatic carbocycles. The van der Waals surface area contributed by atoms with Crippen LogP contribution in [-0.2, 0) is 17.8 Å². The third-order valence-corrected chi connectivity index (χ3v) is 8.22. The number of carbonyl (C=O) groups is 1. The van der Waals surface area contributed by atoms with Crippen molar-refractivity contribution < 1.29 is 19.0 Å². The highest BCUT2D eigenvalue weighted by molar-refractivity contribution is 6.44. The summed E-state index contributed by atoms with van der Waals surface area (Å²) < 4.78 is 22.3. The zero-order valence-electron chi connectivity index (χ0n) is 23.0. The molecule has 0 unspecified atom stereocenters. The van der Waals surface area contributed by atoms with Gasteiger partial charge in [0.1, 0.15) is 11.3 Å². The summed E-state index contributed by atoms with van der Waals surface area (Å²) in [6.45, 7) is 8.41. The van der Waals surface area contributed by atoms with E-state index in [1.165, 1.54) is 12.1 Å². The first-order valence-electron chi connectivity index (χ1n) is 13.5. The number of nitrogens with zero attached hydrogens (tertiary/aromatic N) is 4. The number of aryl methyl sites for hydroxylation is 1. The smallest absolute Gasteiger partial charge is 0.237 e. The SMILES string of the molecule is CCOc1nc2c(F)c(-c3cc(O)cc(Cl)c3Cl)c(CCC#N)cc2c2[nH]c(CN3CCN(C(C)C)CC3=O)cc12. The number of rotatable bonds is 8. The number of ether oxygens (including phenoxy) is 1. The first-order valence-corrected chi connectivity index (χ1v) is 14.2. The lowest BCUT2D eigenvalue weighted by atomic mass is 9.93. The number of nitriles is 1. The van der Waals surface area contributed by atoms with Crippen LogP contribution >= 0.6 is 23.2 Å². The number of phenolic OH excluding ortho intramolecular Hbond substituents is 1. The van der Waals surface area contributed by atoms with Gasteiger partial charge in [0.2, 0.25) is 11.8 Å². The molecule has 0 radical (unpaired) electrons. The molecule has 1 amide bonds. The Morgan fingerprint density at radius 2 is 2.00 bits per heavy atom. The number of piperazine rings is 1. The van der Waals surface area contributed by atoms with Crippen molar-refractivity contribution in [3.63, 3.8) is 0 Å². The molecule has 0 atom stereocenters. The highest BCUT2D eigenvalue weighted by Gasteiger charge is 2.27. The Labute approximate surface area is 247 Å². The summed E-state index contributed by atoms with van der Waals surface area (Å²) in [5.74, 6) is -0.537. The van der Waals surface area contributed by atoms with E-state index < -0.39 is 5.82 Å². The van der Waals surface area contributed by atoms with Crippen LogP contribution in [-0.4, -0.2) is 63.1 Å². The minimum Gasteiger partial charge on any atom is -0.508 e. The maximum atomic E-state index is 16.5. The summed E-state index contributed by atoms with van der Waals surface area (Å²) >= 11 is 12.7. The third kappa shape index (κ3) is 5.52. The average molecular weight is 599 g/mol. The quantitative estimate of drug-likeness (QED) is 0.242. The molecule has 8 nitrogen and oxygen atoms in total. The van der Waals surface area contributed by atoms with Crippen molar-refractivity contribution in [2.75, 3.05) is 26.2 Å². The van der Waals surface area contributed by atoms with Gasteiger partial charge in [0, 0.05) is 53.8 Å². The van der Waals surface area contributed by atoms with Gasteiger partial charge in [0.15, 0.2) is 5.82 Å². The Morgan fingerprint density at radius 3 is 2.68 bits per heavy atom. The summed E-state index contributed by atoms with van der Waals surface area (Å²) in [5, 5.41) is 20.8. The molecule has 11 heteroatoms. The summed E-state index contributed by atoms with van der Waals surface area (Å²) in [5.41, 5.74) is 2.27. The Morgan fingerprint density at radius 1 is 1.22 bits per heavy atom. The number of amides is 1. The molecule has 1 aliphatic heterocycles. The molecule has 2 N–H and O–H groups in total. The van der Waals surface area contributed by atoms with E-state index >= 15 is 4.39 Å². The second-order valence-electron chi connectivity index (χ2n) is 10.4. The summed E-state index contributed by atoms with van der Waals surface area (Å²) in [6, 6.07) is 8.71. The summed E-state index contributed by atoms with van der Waals surface area (Å²) in [6.07, 6.45) is 0.370. The minimum atomic E-state index is -0.669. The number of aromatic amines is 1. The topological polar surface area (TPSA) is 105 Å². The first-order chi connectivity index (χ1) is 19.6. The number of fused-ring (bicyclic) bond motifs is 3. The Hall–Kier alpha value is -3.58. The number of carbonyl (C=O) groups excluding carboxylic acids is 1. The third-order valence-electron chi connectivity index (χ3n) is 7.42. The summed E-state index contributed by atoms with van der Waals surface area (Å²) in [7, 11) is 0. The van der Waals surface area contributed by atoms with E-state index in [4.69, 9.17) is 27.9 Å². The summed E-state index contributed by atoms with van der Waals surface area (Å²) in [4.78, 5) is 24.8. The predicted octanol–water partition coefficient (Wildman–Crippen LogP) is 6.44. The second kappa shape index (κ2) is 11.7. The van der Waals surface area contributed by atoms with E-state index in [-0.39, 0.29) is 57.1 Å². The van der Waals surface area contributed by atoms with Crippen LogP contribution in [0.15, 0.2) is 24.3 Å². The van der Waals surface area contributed by atoms with E-state index in [1.54, 1.807) is 6.07 Å². The van der Waals surface area contributed by atoms with Crippen LogP contribution in [0.2, 0.25) is 10.0 Å². The fourth-order valence-corrected chi connectivity index (χ4v) is 5.77. The van der Waals surface area contributed by atoms with Gasteiger partial charge in [-0.2, -0.15) is 5.26 Å². The number of aromatic hydroxyl groups is 1. The molecule has 214 valence electrons. The van der Waals surface area contributed by atoms with Crippen molar-refractivity contribution in [1.29, 1.82) is 5.26 Å². The normalized spacial score (nSPS) is 14.4. The van der Waals surface area contributed by atoms with E-state index in [9.17, 15) is 15.2 Å². The number of pyridine rings is 1. The number of halogens is 3. The van der Waals surface area contributed by atoms with Gasteiger partial charge in [-0.15, -0.1) is 0 Å². The maximum absolute atomic E-state index is 16.5. The second-order valence-corrected chi connectivity index (χ2v) is 11.2. The van der Waals surface area contributed by atoms with Gasteiger partial charge in [-0.05, 0) is 51.0 Å². The predicted molar refractivity (Wildman–Crippen MR) is 158 cm³/mol. The zero-order chi connectivity index (χ0) is 29.4. The molecule has 1 fully saturated rings. The number of phenols is 1. The van der Waals surface area contributed by atoms with Crippen LogP contribution in [0.4, 0.5) is 4.39 Å². The van der Waals surface area contributed by atoms with Crippen LogP contribution in [0.25, 0.3) is 32.9 Å². The van der Waals surface area contributed by atoms with Gasteiger partial charge >= 0.3 is 0 Å². The van der Waals surface area contributed by atoms with Crippen LogP contribution in [0.3, 0.4) is 0 Å². The number of aromatic nitrogens is 2. The molecule has 41 heavy (non-hydrogen) atoms. The molecule has 3 heterocycles. The lowest BCUT2D eigenvalue weighted by molar-refractivity contribution is -0.137. The Bertz CT molecular complexity index is 1700. The van der Waals surface area contributed by atoms with Crippen molar-refractivity contribution in [2.24, 2.45) is 0 Å². The van der Waals surface area contributed by atoms with Gasteiger partial charge in [0.25, 0.3) is 0 Å². The number of nitrogens with one attached hydrogen (secondary N) is 1. The molecule has 0 aliphatic carbocycles. The van der Waals surface area contributed by atoms with Gasteiger partial charge in [-0.25, -0.2) is 9.37 Å². The monoisotopic (exact) mass is 597 g/mol. The zero-order valence-corrected chi connectivity index (χ0v) is 24.5. The van der Waals surface area contributed by atoms with Crippen molar-refractivity contribution in [1.82, 2.24) is 19.8 Å². The lowest BCUT2D eigenvalue weighted by Gasteiger charge is -2.36. The van der Waals surface area contributed by atoms with Gasteiger partial charge in [-0.1, -0.05) is 23.2 Å². The maximum Gasteiger partial charge on any atom is 0.237 e. The van der Waals surface area contributed by atoms with E-state index in [0.717, 1.165) is 12.2 Å². The van der Waals surface area contributed by atoms with Crippen molar-refractivity contribution in [3.8, 4) is 28.8 Å².